The number of rotatable bonds is 7. The Bertz CT molecular complexity index is 802. The number of carbonyl (C=O) groups is 2. The van der Waals surface area contributed by atoms with Crippen LogP contribution in [0.15, 0.2) is 48.7 Å². The van der Waals surface area contributed by atoms with Crippen LogP contribution in [0.25, 0.3) is 0 Å². The lowest BCUT2D eigenvalue weighted by atomic mass is 10.1. The molecule has 1 saturated heterocycles. The molecule has 3 rings (SSSR count). The van der Waals surface area contributed by atoms with E-state index in [-0.39, 0.29) is 11.8 Å². The van der Waals surface area contributed by atoms with Gasteiger partial charge in [-0.2, -0.15) is 0 Å². The number of benzene rings is 1. The van der Waals surface area contributed by atoms with Gasteiger partial charge in [-0.15, -0.1) is 0 Å². The first-order chi connectivity index (χ1) is 14.1. The maximum absolute atomic E-state index is 12.6. The second-order valence-electron chi connectivity index (χ2n) is 7.32. The van der Waals surface area contributed by atoms with Crippen LogP contribution in [0.5, 0.6) is 0 Å². The summed E-state index contributed by atoms with van der Waals surface area (Å²) in [6, 6.07) is 13.5. The van der Waals surface area contributed by atoms with Gasteiger partial charge < -0.3 is 20.0 Å². The van der Waals surface area contributed by atoms with Crippen LogP contribution in [0.1, 0.15) is 22.3 Å². The Balaban J connectivity index is 1.40. The molecule has 1 N–H and O–H groups in total. The van der Waals surface area contributed by atoms with Crippen molar-refractivity contribution >= 4 is 17.6 Å². The Morgan fingerprint density at radius 2 is 1.79 bits per heavy atom. The van der Waals surface area contributed by atoms with Crippen LogP contribution in [0, 0.1) is 0 Å². The molecule has 0 aliphatic carbocycles. The third-order valence-electron chi connectivity index (χ3n) is 5.21. The van der Waals surface area contributed by atoms with Crippen molar-refractivity contribution in [3.05, 3.63) is 59.8 Å². The fraction of sp³-hybridized carbons (Fsp3) is 0.409. The highest BCUT2D eigenvalue weighted by Crippen LogP contribution is 2.13. The van der Waals surface area contributed by atoms with Crippen molar-refractivity contribution in [1.82, 2.24) is 20.1 Å². The molecule has 1 aromatic heterocycles. The molecular formula is C22H29N5O2. The number of anilines is 1. The van der Waals surface area contributed by atoms with Crippen LogP contribution in [-0.2, 0) is 11.3 Å². The Labute approximate surface area is 172 Å². The second-order valence-corrected chi connectivity index (χ2v) is 7.32. The predicted molar refractivity (Wildman–Crippen MR) is 114 cm³/mol. The largest absolute Gasteiger partial charge is 0.355 e. The number of piperazine rings is 1. The Hall–Kier alpha value is -2.93. The standard InChI is InChI=1S/C22H29N5O2/c1-23-22(29)19-8-6-18(7-9-19)17-25(2)12-10-21(28)27-15-13-26(14-16-27)20-5-3-4-11-24-20/h3-9,11H,10,12-17H2,1-2H3,(H,23,29). The summed E-state index contributed by atoms with van der Waals surface area (Å²) in [5, 5.41) is 2.62. The lowest BCUT2D eigenvalue weighted by molar-refractivity contribution is -0.131. The van der Waals surface area contributed by atoms with Crippen molar-refractivity contribution in [2.75, 3.05) is 51.7 Å². The summed E-state index contributed by atoms with van der Waals surface area (Å²) in [5.41, 5.74) is 1.77. The Kier molecular flexibility index (Phi) is 7.19. The van der Waals surface area contributed by atoms with Gasteiger partial charge in [0.1, 0.15) is 5.82 Å². The lowest BCUT2D eigenvalue weighted by Crippen LogP contribution is -2.49. The predicted octanol–water partition coefficient (Wildman–Crippen LogP) is 1.61. The molecule has 2 aromatic rings. The zero-order valence-electron chi connectivity index (χ0n) is 17.2. The fourth-order valence-corrected chi connectivity index (χ4v) is 3.47. The molecule has 7 nitrogen and oxygen atoms in total. The van der Waals surface area contributed by atoms with Crippen LogP contribution < -0.4 is 10.2 Å². The smallest absolute Gasteiger partial charge is 0.251 e. The SMILES string of the molecule is CNC(=O)c1ccc(CN(C)CCC(=O)N2CCN(c3ccccn3)CC2)cc1. The molecule has 0 atom stereocenters. The van der Waals surface area contributed by atoms with Crippen molar-refractivity contribution in [2.45, 2.75) is 13.0 Å². The molecule has 29 heavy (non-hydrogen) atoms. The van der Waals surface area contributed by atoms with Crippen LogP contribution >= 0.6 is 0 Å². The molecular weight excluding hydrogens is 366 g/mol. The monoisotopic (exact) mass is 395 g/mol. The molecule has 7 heteroatoms. The molecule has 1 aliphatic heterocycles. The average molecular weight is 396 g/mol. The number of amides is 2. The van der Waals surface area contributed by atoms with E-state index in [4.69, 9.17) is 0 Å². The van der Waals surface area contributed by atoms with Gasteiger partial charge >= 0.3 is 0 Å². The van der Waals surface area contributed by atoms with Gasteiger partial charge in [-0.1, -0.05) is 18.2 Å². The first kappa shape index (κ1) is 20.8. The number of hydrogen-bond donors (Lipinski definition) is 1. The van der Waals surface area contributed by atoms with Gasteiger partial charge in [-0.3, -0.25) is 9.59 Å². The highest BCUT2D eigenvalue weighted by atomic mass is 16.2. The molecule has 0 saturated carbocycles. The van der Waals surface area contributed by atoms with Crippen molar-refractivity contribution in [1.29, 1.82) is 0 Å². The van der Waals surface area contributed by atoms with Gasteiger partial charge in [0.2, 0.25) is 5.91 Å². The maximum Gasteiger partial charge on any atom is 0.251 e. The molecule has 0 unspecified atom stereocenters. The van der Waals surface area contributed by atoms with E-state index in [1.54, 1.807) is 13.2 Å². The molecule has 0 bridgehead atoms. The van der Waals surface area contributed by atoms with Gasteiger partial charge in [-0.25, -0.2) is 4.98 Å². The second kappa shape index (κ2) is 10.0. The number of nitrogens with one attached hydrogen (secondary N) is 1. The molecule has 1 fully saturated rings. The van der Waals surface area contributed by atoms with Gasteiger partial charge in [0.05, 0.1) is 0 Å². The summed E-state index contributed by atoms with van der Waals surface area (Å²) >= 11 is 0. The summed E-state index contributed by atoms with van der Waals surface area (Å²) < 4.78 is 0. The molecule has 0 radical (unpaired) electrons. The molecule has 2 amide bonds. The molecule has 1 aliphatic rings. The third-order valence-corrected chi connectivity index (χ3v) is 5.21. The number of pyridine rings is 1. The van der Waals surface area contributed by atoms with E-state index in [9.17, 15) is 9.59 Å². The summed E-state index contributed by atoms with van der Waals surface area (Å²) in [6.45, 7) is 4.55. The third kappa shape index (κ3) is 5.77. The molecule has 2 heterocycles. The normalized spacial score (nSPS) is 14.2. The molecule has 0 spiro atoms. The van der Waals surface area contributed by atoms with Crippen LogP contribution in [0.3, 0.4) is 0 Å². The summed E-state index contributed by atoms with van der Waals surface area (Å²) in [4.78, 5) is 34.9. The van der Waals surface area contributed by atoms with Crippen molar-refractivity contribution in [2.24, 2.45) is 0 Å². The van der Waals surface area contributed by atoms with E-state index in [0.29, 0.717) is 18.5 Å². The minimum absolute atomic E-state index is 0.0846. The summed E-state index contributed by atoms with van der Waals surface area (Å²) in [5.74, 6) is 1.09. The highest BCUT2D eigenvalue weighted by Gasteiger charge is 2.21. The van der Waals surface area contributed by atoms with Crippen LogP contribution in [0.4, 0.5) is 5.82 Å². The van der Waals surface area contributed by atoms with Gasteiger partial charge in [-0.05, 0) is 36.9 Å². The topological polar surface area (TPSA) is 68.8 Å². The fourth-order valence-electron chi connectivity index (χ4n) is 3.47. The number of carbonyl (C=O) groups excluding carboxylic acids is 2. The van der Waals surface area contributed by atoms with E-state index >= 15 is 0 Å². The van der Waals surface area contributed by atoms with E-state index < -0.39 is 0 Å². The number of aromatic nitrogens is 1. The van der Waals surface area contributed by atoms with Gasteiger partial charge in [0, 0.05) is 64.5 Å². The minimum atomic E-state index is -0.0846. The van der Waals surface area contributed by atoms with Crippen LogP contribution in [0.2, 0.25) is 0 Å². The summed E-state index contributed by atoms with van der Waals surface area (Å²) in [6.07, 6.45) is 2.31. The minimum Gasteiger partial charge on any atom is -0.355 e. The molecule has 1 aromatic carbocycles. The van der Waals surface area contributed by atoms with Crippen LogP contribution in [-0.4, -0.2) is 73.4 Å². The van der Waals surface area contributed by atoms with Gasteiger partial charge in [0.25, 0.3) is 5.91 Å². The molecule has 154 valence electrons. The summed E-state index contributed by atoms with van der Waals surface area (Å²) in [7, 11) is 3.64. The van der Waals surface area contributed by atoms with Crippen molar-refractivity contribution in [3.8, 4) is 0 Å². The highest BCUT2D eigenvalue weighted by molar-refractivity contribution is 5.93. The van der Waals surface area contributed by atoms with E-state index in [0.717, 1.165) is 44.1 Å². The maximum atomic E-state index is 12.6. The Morgan fingerprint density at radius 1 is 1.07 bits per heavy atom. The quantitative estimate of drug-likeness (QED) is 0.772. The first-order valence-corrected chi connectivity index (χ1v) is 10.00. The van der Waals surface area contributed by atoms with E-state index in [2.05, 4.69) is 20.1 Å². The van der Waals surface area contributed by atoms with Crippen molar-refractivity contribution in [3.63, 3.8) is 0 Å². The Morgan fingerprint density at radius 3 is 2.41 bits per heavy atom. The number of nitrogens with zero attached hydrogens (tertiary/aromatic N) is 4. The lowest BCUT2D eigenvalue weighted by Gasteiger charge is -2.35. The zero-order valence-corrected chi connectivity index (χ0v) is 17.2. The first-order valence-electron chi connectivity index (χ1n) is 10.00. The average Bonchev–Trinajstić information content (AvgIpc) is 2.78. The van der Waals surface area contributed by atoms with E-state index in [1.807, 2.05) is 54.4 Å². The van der Waals surface area contributed by atoms with E-state index in [1.165, 1.54) is 0 Å². The number of hydrogen-bond acceptors (Lipinski definition) is 5. The van der Waals surface area contributed by atoms with Gasteiger partial charge in [0.15, 0.2) is 0 Å². The van der Waals surface area contributed by atoms with Crippen molar-refractivity contribution < 1.29 is 9.59 Å². The zero-order chi connectivity index (χ0) is 20.6.